The van der Waals surface area contributed by atoms with Gasteiger partial charge in [-0.05, 0) is 12.8 Å². The number of carbonyl (C=O) groups excluding carboxylic acids is 2. The minimum atomic E-state index is -0.146. The van der Waals surface area contributed by atoms with Crippen molar-refractivity contribution < 1.29 is 9.59 Å². The van der Waals surface area contributed by atoms with E-state index in [1.54, 1.807) is 13.1 Å². The standard InChI is InChI=1S/C14H25N3O2/c1-3-11-17(2)14(19)16-10-9-15-13(18)12-7-5-4-6-8-12/h3,12H,1,4-11H2,2H3,(H,15,18)(H,16,19). The maximum absolute atomic E-state index is 11.8. The van der Waals surface area contributed by atoms with Crippen LogP contribution in [-0.2, 0) is 4.79 Å². The quantitative estimate of drug-likeness (QED) is 0.566. The Balaban J connectivity index is 2.11. The van der Waals surface area contributed by atoms with Crippen molar-refractivity contribution in [3.63, 3.8) is 0 Å². The van der Waals surface area contributed by atoms with Gasteiger partial charge in [0.15, 0.2) is 0 Å². The lowest BCUT2D eigenvalue weighted by atomic mass is 9.89. The zero-order valence-electron chi connectivity index (χ0n) is 11.8. The van der Waals surface area contributed by atoms with E-state index in [1.807, 2.05) is 0 Å². The number of nitrogens with zero attached hydrogens (tertiary/aromatic N) is 1. The van der Waals surface area contributed by atoms with Crippen LogP contribution in [0.15, 0.2) is 12.7 Å². The molecule has 0 heterocycles. The highest BCUT2D eigenvalue weighted by Gasteiger charge is 2.20. The van der Waals surface area contributed by atoms with Gasteiger partial charge < -0.3 is 15.5 Å². The van der Waals surface area contributed by atoms with Crippen molar-refractivity contribution in [2.75, 3.05) is 26.7 Å². The van der Waals surface area contributed by atoms with Gasteiger partial charge in [-0.25, -0.2) is 4.79 Å². The predicted octanol–water partition coefficient (Wildman–Crippen LogP) is 1.51. The van der Waals surface area contributed by atoms with E-state index in [1.165, 1.54) is 11.3 Å². The molecule has 0 saturated heterocycles. The Kier molecular flexibility index (Phi) is 7.00. The molecule has 5 heteroatoms. The van der Waals surface area contributed by atoms with E-state index in [4.69, 9.17) is 0 Å². The smallest absolute Gasteiger partial charge is 0.317 e. The molecule has 1 rings (SSSR count). The van der Waals surface area contributed by atoms with Crippen LogP contribution < -0.4 is 10.6 Å². The van der Waals surface area contributed by atoms with Gasteiger partial charge in [-0.1, -0.05) is 25.3 Å². The Morgan fingerprint density at radius 3 is 2.47 bits per heavy atom. The Bertz CT molecular complexity index is 312. The normalized spacial score (nSPS) is 15.6. The highest BCUT2D eigenvalue weighted by molar-refractivity contribution is 5.78. The third kappa shape index (κ3) is 5.77. The third-order valence-electron chi connectivity index (χ3n) is 3.43. The number of hydrogen-bond acceptors (Lipinski definition) is 2. The Morgan fingerprint density at radius 2 is 1.84 bits per heavy atom. The molecular weight excluding hydrogens is 242 g/mol. The van der Waals surface area contributed by atoms with Crippen LogP contribution in [0.1, 0.15) is 32.1 Å². The van der Waals surface area contributed by atoms with Crippen molar-refractivity contribution in [2.24, 2.45) is 5.92 Å². The minimum absolute atomic E-state index is 0.133. The van der Waals surface area contributed by atoms with Gasteiger partial charge in [0, 0.05) is 32.6 Å². The number of rotatable bonds is 6. The summed E-state index contributed by atoms with van der Waals surface area (Å²) in [5, 5.41) is 5.64. The molecule has 1 saturated carbocycles. The van der Waals surface area contributed by atoms with Crippen LogP contribution in [-0.4, -0.2) is 43.5 Å². The fourth-order valence-corrected chi connectivity index (χ4v) is 2.28. The van der Waals surface area contributed by atoms with Gasteiger partial charge in [0.25, 0.3) is 0 Å². The highest BCUT2D eigenvalue weighted by atomic mass is 16.2. The van der Waals surface area contributed by atoms with E-state index in [0.29, 0.717) is 19.6 Å². The first-order valence-corrected chi connectivity index (χ1v) is 7.02. The Labute approximate surface area is 115 Å². The van der Waals surface area contributed by atoms with E-state index in [2.05, 4.69) is 17.2 Å². The average molecular weight is 267 g/mol. The summed E-state index contributed by atoms with van der Waals surface area (Å²) in [6, 6.07) is -0.146. The molecule has 5 nitrogen and oxygen atoms in total. The first kappa shape index (κ1) is 15.5. The molecule has 2 N–H and O–H groups in total. The molecule has 0 aromatic heterocycles. The maximum atomic E-state index is 11.8. The lowest BCUT2D eigenvalue weighted by Crippen LogP contribution is -2.42. The van der Waals surface area contributed by atoms with Crippen molar-refractivity contribution >= 4 is 11.9 Å². The summed E-state index contributed by atoms with van der Waals surface area (Å²) in [4.78, 5) is 24.9. The van der Waals surface area contributed by atoms with Gasteiger partial charge in [0.1, 0.15) is 0 Å². The second kappa shape index (κ2) is 8.56. The van der Waals surface area contributed by atoms with Gasteiger partial charge in [0.05, 0.1) is 0 Å². The van der Waals surface area contributed by atoms with Gasteiger partial charge in [-0.3, -0.25) is 4.79 Å². The van der Waals surface area contributed by atoms with E-state index >= 15 is 0 Å². The zero-order chi connectivity index (χ0) is 14.1. The third-order valence-corrected chi connectivity index (χ3v) is 3.43. The van der Waals surface area contributed by atoms with E-state index in [0.717, 1.165) is 25.7 Å². The molecular formula is C14H25N3O2. The fraction of sp³-hybridized carbons (Fsp3) is 0.714. The summed E-state index contributed by atoms with van der Waals surface area (Å²) >= 11 is 0. The topological polar surface area (TPSA) is 61.4 Å². The maximum Gasteiger partial charge on any atom is 0.317 e. The van der Waals surface area contributed by atoms with Crippen molar-refractivity contribution in [2.45, 2.75) is 32.1 Å². The number of hydrogen-bond donors (Lipinski definition) is 2. The summed E-state index contributed by atoms with van der Waals surface area (Å²) in [7, 11) is 1.71. The molecule has 1 fully saturated rings. The van der Waals surface area contributed by atoms with E-state index in [9.17, 15) is 9.59 Å². The van der Waals surface area contributed by atoms with Crippen LogP contribution in [0.5, 0.6) is 0 Å². The van der Waals surface area contributed by atoms with Gasteiger partial charge in [0.2, 0.25) is 5.91 Å². The molecule has 19 heavy (non-hydrogen) atoms. The second-order valence-corrected chi connectivity index (χ2v) is 5.03. The molecule has 0 unspecified atom stereocenters. The minimum Gasteiger partial charge on any atom is -0.354 e. The molecule has 0 spiro atoms. The first-order valence-electron chi connectivity index (χ1n) is 7.02. The number of likely N-dealkylation sites (N-methyl/N-ethyl adjacent to an activating group) is 1. The van der Waals surface area contributed by atoms with Crippen molar-refractivity contribution in [1.82, 2.24) is 15.5 Å². The molecule has 0 aromatic carbocycles. The summed E-state index contributed by atoms with van der Waals surface area (Å²) < 4.78 is 0. The zero-order valence-corrected chi connectivity index (χ0v) is 11.8. The second-order valence-electron chi connectivity index (χ2n) is 5.03. The molecule has 1 aliphatic carbocycles. The molecule has 0 aromatic rings. The molecule has 1 aliphatic rings. The molecule has 0 radical (unpaired) electrons. The van der Waals surface area contributed by atoms with Crippen LogP contribution >= 0.6 is 0 Å². The summed E-state index contributed by atoms with van der Waals surface area (Å²) in [5.41, 5.74) is 0. The monoisotopic (exact) mass is 267 g/mol. The molecule has 108 valence electrons. The predicted molar refractivity (Wildman–Crippen MR) is 75.8 cm³/mol. The van der Waals surface area contributed by atoms with Crippen molar-refractivity contribution in [3.05, 3.63) is 12.7 Å². The summed E-state index contributed by atoms with van der Waals surface area (Å²) in [6.07, 6.45) is 7.22. The van der Waals surface area contributed by atoms with Gasteiger partial charge >= 0.3 is 6.03 Å². The van der Waals surface area contributed by atoms with Crippen LogP contribution in [0, 0.1) is 5.92 Å². The molecule has 0 aliphatic heterocycles. The van der Waals surface area contributed by atoms with Crippen molar-refractivity contribution in [3.8, 4) is 0 Å². The Hall–Kier alpha value is -1.52. The largest absolute Gasteiger partial charge is 0.354 e. The van der Waals surface area contributed by atoms with Crippen molar-refractivity contribution in [1.29, 1.82) is 0 Å². The SMILES string of the molecule is C=CCN(C)C(=O)NCCNC(=O)C1CCCCC1. The number of amides is 3. The number of nitrogens with one attached hydrogen (secondary N) is 2. The van der Waals surface area contributed by atoms with E-state index in [-0.39, 0.29) is 17.9 Å². The van der Waals surface area contributed by atoms with Crippen LogP contribution in [0.2, 0.25) is 0 Å². The lowest BCUT2D eigenvalue weighted by Gasteiger charge is -2.21. The molecule has 3 amide bonds. The molecule has 0 bridgehead atoms. The van der Waals surface area contributed by atoms with Crippen LogP contribution in [0.4, 0.5) is 4.79 Å². The van der Waals surface area contributed by atoms with Crippen LogP contribution in [0.25, 0.3) is 0 Å². The number of carbonyl (C=O) groups is 2. The van der Waals surface area contributed by atoms with Gasteiger partial charge in [-0.15, -0.1) is 6.58 Å². The Morgan fingerprint density at radius 1 is 1.21 bits per heavy atom. The first-order chi connectivity index (χ1) is 9.15. The average Bonchev–Trinajstić information content (AvgIpc) is 2.44. The van der Waals surface area contributed by atoms with Crippen LogP contribution in [0.3, 0.4) is 0 Å². The fourth-order valence-electron chi connectivity index (χ4n) is 2.28. The lowest BCUT2D eigenvalue weighted by molar-refractivity contribution is -0.125. The van der Waals surface area contributed by atoms with Gasteiger partial charge in [-0.2, -0.15) is 0 Å². The molecule has 0 atom stereocenters. The highest BCUT2D eigenvalue weighted by Crippen LogP contribution is 2.23. The van der Waals surface area contributed by atoms with E-state index < -0.39 is 0 Å². The number of urea groups is 1. The summed E-state index contributed by atoms with van der Waals surface area (Å²) in [5.74, 6) is 0.307. The summed E-state index contributed by atoms with van der Waals surface area (Å²) in [6.45, 7) is 5.04.